The van der Waals surface area contributed by atoms with E-state index in [0.717, 1.165) is 16.7 Å². The molecule has 5 rings (SSSR count). The first-order chi connectivity index (χ1) is 17.4. The third-order valence-corrected chi connectivity index (χ3v) is 7.85. The Morgan fingerprint density at radius 3 is 2.19 bits per heavy atom. The molecule has 4 aromatic rings. The van der Waals surface area contributed by atoms with Crippen molar-refractivity contribution >= 4 is 21.4 Å². The largest absolute Gasteiger partial charge is 0.489 e. The molecule has 0 amide bonds. The van der Waals surface area contributed by atoms with Crippen molar-refractivity contribution < 1.29 is 18.1 Å². The van der Waals surface area contributed by atoms with Crippen LogP contribution in [0.1, 0.15) is 22.9 Å². The molecule has 4 aromatic carbocycles. The number of anilines is 1. The van der Waals surface area contributed by atoms with E-state index in [1.165, 1.54) is 16.4 Å². The molecule has 0 saturated heterocycles. The third-order valence-electron chi connectivity index (χ3n) is 5.98. The van der Waals surface area contributed by atoms with Crippen LogP contribution in [-0.2, 0) is 23.2 Å². The molecule has 1 heterocycles. The highest BCUT2D eigenvalue weighted by atomic mass is 32.2. The van der Waals surface area contributed by atoms with Crippen molar-refractivity contribution in [2.24, 2.45) is 0 Å². The van der Waals surface area contributed by atoms with E-state index in [2.05, 4.69) is 5.32 Å². The van der Waals surface area contributed by atoms with Gasteiger partial charge in [-0.1, -0.05) is 54.6 Å². The van der Waals surface area contributed by atoms with Crippen LogP contribution in [0.3, 0.4) is 0 Å². The molecule has 36 heavy (non-hydrogen) atoms. The first kappa shape index (κ1) is 23.5. The second kappa shape index (κ2) is 9.80. The average Bonchev–Trinajstić information content (AvgIpc) is 2.90. The van der Waals surface area contributed by atoms with E-state index in [0.29, 0.717) is 11.4 Å². The van der Waals surface area contributed by atoms with Gasteiger partial charge in [-0.15, -0.1) is 0 Å². The summed E-state index contributed by atoms with van der Waals surface area (Å²) in [5.74, 6) is 0.603. The first-order valence-electron chi connectivity index (χ1n) is 11.3. The molecule has 9 heteroatoms. The Morgan fingerprint density at radius 2 is 1.50 bits per heavy atom. The minimum absolute atomic E-state index is 0.0275. The van der Waals surface area contributed by atoms with Crippen molar-refractivity contribution in [3.63, 3.8) is 0 Å². The van der Waals surface area contributed by atoms with Crippen LogP contribution in [0.2, 0.25) is 0 Å². The number of hydrogen-bond donors (Lipinski definition) is 1. The molecule has 182 valence electrons. The lowest BCUT2D eigenvalue weighted by Crippen LogP contribution is -2.42. The number of sulfonamides is 1. The molecule has 1 aliphatic rings. The quantitative estimate of drug-likeness (QED) is 0.265. The van der Waals surface area contributed by atoms with Crippen molar-refractivity contribution in [1.29, 1.82) is 0 Å². The van der Waals surface area contributed by atoms with E-state index in [-0.39, 0.29) is 23.7 Å². The number of nitrogens with one attached hydrogen (secondary N) is 1. The van der Waals surface area contributed by atoms with Crippen LogP contribution >= 0.6 is 0 Å². The molecule has 0 bridgehead atoms. The van der Waals surface area contributed by atoms with Gasteiger partial charge >= 0.3 is 0 Å². The highest BCUT2D eigenvalue weighted by Crippen LogP contribution is 2.39. The Hall–Kier alpha value is -4.21. The lowest BCUT2D eigenvalue weighted by atomic mass is 10.1. The maximum atomic E-state index is 13.6. The standard InChI is InChI=1S/C27H23N3O5S/c31-30(32)23-14-10-21(11-15-23)19-35-24-16-12-22(13-17-24)27-28-25-8-4-5-9-26(25)36(33,34)29(27)18-20-6-2-1-3-7-20/h1-17,27-28H,18-19H2/t27-/m0/s1. The SMILES string of the molecule is O=[N+]([O-])c1ccc(COc2ccc([C@H]3Nc4ccccc4S(=O)(=O)N3Cc3ccccc3)cc2)cc1. The summed E-state index contributed by atoms with van der Waals surface area (Å²) in [6.07, 6.45) is -0.603. The Morgan fingerprint density at radius 1 is 0.833 bits per heavy atom. The minimum atomic E-state index is -3.75. The van der Waals surface area contributed by atoms with E-state index >= 15 is 0 Å². The number of benzene rings is 4. The summed E-state index contributed by atoms with van der Waals surface area (Å²) < 4.78 is 34.5. The molecule has 0 unspecified atom stereocenters. The summed E-state index contributed by atoms with van der Waals surface area (Å²) in [6.45, 7) is 0.467. The summed E-state index contributed by atoms with van der Waals surface area (Å²) in [4.78, 5) is 10.6. The van der Waals surface area contributed by atoms with Crippen LogP contribution in [0, 0.1) is 10.1 Å². The highest BCUT2D eigenvalue weighted by molar-refractivity contribution is 7.89. The van der Waals surface area contributed by atoms with Gasteiger partial charge < -0.3 is 10.1 Å². The summed E-state index contributed by atoms with van der Waals surface area (Å²) in [7, 11) is -3.75. The molecule has 0 saturated carbocycles. The Labute approximate surface area is 209 Å². The van der Waals surface area contributed by atoms with Crippen molar-refractivity contribution in [3.05, 3.63) is 130 Å². The van der Waals surface area contributed by atoms with Crippen molar-refractivity contribution in [2.75, 3.05) is 5.32 Å². The second-order valence-corrected chi connectivity index (χ2v) is 10.2. The molecule has 0 radical (unpaired) electrons. The Balaban J connectivity index is 1.38. The fourth-order valence-corrected chi connectivity index (χ4v) is 5.79. The Kier molecular flexibility index (Phi) is 6.41. The molecule has 0 aromatic heterocycles. The third kappa shape index (κ3) is 4.79. The van der Waals surface area contributed by atoms with Crippen molar-refractivity contribution in [3.8, 4) is 5.75 Å². The summed E-state index contributed by atoms with van der Waals surface area (Å²) in [5.41, 5.74) is 3.04. The van der Waals surface area contributed by atoms with Gasteiger partial charge in [0, 0.05) is 18.7 Å². The topological polar surface area (TPSA) is 102 Å². The molecule has 0 spiro atoms. The summed E-state index contributed by atoms with van der Waals surface area (Å²) in [6, 6.07) is 29.8. The van der Waals surface area contributed by atoms with Gasteiger partial charge in [-0.2, -0.15) is 4.31 Å². The predicted octanol–water partition coefficient (Wildman–Crippen LogP) is 5.49. The molecular weight excluding hydrogens is 478 g/mol. The lowest BCUT2D eigenvalue weighted by Gasteiger charge is -2.37. The molecule has 0 fully saturated rings. The minimum Gasteiger partial charge on any atom is -0.489 e. The molecular formula is C27H23N3O5S. The van der Waals surface area contributed by atoms with Crippen LogP contribution in [0.4, 0.5) is 11.4 Å². The van der Waals surface area contributed by atoms with Gasteiger partial charge in [-0.3, -0.25) is 10.1 Å². The van der Waals surface area contributed by atoms with E-state index in [4.69, 9.17) is 4.74 Å². The predicted molar refractivity (Wildman–Crippen MR) is 136 cm³/mol. The van der Waals surface area contributed by atoms with Gasteiger partial charge in [0.25, 0.3) is 5.69 Å². The van der Waals surface area contributed by atoms with Crippen LogP contribution < -0.4 is 10.1 Å². The first-order valence-corrected chi connectivity index (χ1v) is 12.7. The van der Waals surface area contributed by atoms with E-state index in [1.807, 2.05) is 42.5 Å². The van der Waals surface area contributed by atoms with Crippen LogP contribution in [-0.4, -0.2) is 17.6 Å². The van der Waals surface area contributed by atoms with Gasteiger partial charge in [0.1, 0.15) is 23.4 Å². The number of ether oxygens (including phenoxy) is 1. The smallest absolute Gasteiger partial charge is 0.269 e. The Bertz CT molecular complexity index is 1470. The summed E-state index contributed by atoms with van der Waals surface area (Å²) in [5, 5.41) is 14.2. The van der Waals surface area contributed by atoms with Gasteiger partial charge in [-0.05, 0) is 53.1 Å². The normalized spacial score (nSPS) is 16.5. The maximum Gasteiger partial charge on any atom is 0.269 e. The van der Waals surface area contributed by atoms with Crippen molar-refractivity contribution in [1.82, 2.24) is 4.31 Å². The molecule has 1 atom stereocenters. The van der Waals surface area contributed by atoms with Gasteiger partial charge in [0.15, 0.2) is 0 Å². The van der Waals surface area contributed by atoms with E-state index < -0.39 is 21.1 Å². The van der Waals surface area contributed by atoms with Crippen LogP contribution in [0.15, 0.2) is 108 Å². The number of non-ortho nitro benzene ring substituents is 1. The zero-order valence-electron chi connectivity index (χ0n) is 19.2. The number of nitrogens with zero attached hydrogens (tertiary/aromatic N) is 2. The number of rotatable bonds is 7. The number of hydrogen-bond acceptors (Lipinski definition) is 6. The van der Waals surface area contributed by atoms with Crippen molar-refractivity contribution in [2.45, 2.75) is 24.2 Å². The molecule has 1 N–H and O–H groups in total. The molecule has 0 aliphatic carbocycles. The number of nitro benzene ring substituents is 1. The zero-order valence-corrected chi connectivity index (χ0v) is 20.0. The summed E-state index contributed by atoms with van der Waals surface area (Å²) >= 11 is 0. The van der Waals surface area contributed by atoms with Crippen LogP contribution in [0.5, 0.6) is 5.75 Å². The van der Waals surface area contributed by atoms with Crippen LogP contribution in [0.25, 0.3) is 0 Å². The van der Waals surface area contributed by atoms with E-state index in [9.17, 15) is 18.5 Å². The molecule has 8 nitrogen and oxygen atoms in total. The zero-order chi connectivity index (χ0) is 25.1. The number of para-hydroxylation sites is 1. The van der Waals surface area contributed by atoms with E-state index in [1.54, 1.807) is 48.5 Å². The monoisotopic (exact) mass is 501 g/mol. The van der Waals surface area contributed by atoms with Gasteiger partial charge in [0.05, 0.1) is 10.6 Å². The highest BCUT2D eigenvalue weighted by Gasteiger charge is 2.38. The molecule has 1 aliphatic heterocycles. The average molecular weight is 502 g/mol. The number of fused-ring (bicyclic) bond motifs is 1. The maximum absolute atomic E-state index is 13.6. The van der Waals surface area contributed by atoms with Gasteiger partial charge in [0.2, 0.25) is 10.0 Å². The fraction of sp³-hybridized carbons (Fsp3) is 0.111. The van der Waals surface area contributed by atoms with Gasteiger partial charge in [-0.25, -0.2) is 8.42 Å². The number of nitro groups is 1. The fourth-order valence-electron chi connectivity index (χ4n) is 4.11. The second-order valence-electron chi connectivity index (χ2n) is 8.36. The lowest BCUT2D eigenvalue weighted by molar-refractivity contribution is -0.384.